The summed E-state index contributed by atoms with van der Waals surface area (Å²) in [4.78, 5) is 11.3. The average Bonchev–Trinajstić information content (AvgIpc) is 2.96. The highest BCUT2D eigenvalue weighted by molar-refractivity contribution is 7.17. The molecule has 2 heterocycles. The second-order valence-corrected chi connectivity index (χ2v) is 6.10. The third-order valence-electron chi connectivity index (χ3n) is 3.07. The molecule has 0 unspecified atom stereocenters. The van der Waals surface area contributed by atoms with E-state index in [4.69, 9.17) is 23.2 Å². The van der Waals surface area contributed by atoms with Crippen molar-refractivity contribution in [3.8, 4) is 0 Å². The number of thiophene rings is 1. The van der Waals surface area contributed by atoms with E-state index in [1.54, 1.807) is 22.8 Å². The summed E-state index contributed by atoms with van der Waals surface area (Å²) < 4.78 is 2.73. The van der Waals surface area contributed by atoms with E-state index in [1.165, 1.54) is 11.3 Å². The van der Waals surface area contributed by atoms with Crippen LogP contribution in [-0.2, 0) is 6.54 Å². The lowest BCUT2D eigenvalue weighted by molar-refractivity contribution is 0.0686. The molecule has 2 aromatic heterocycles. The van der Waals surface area contributed by atoms with Crippen LogP contribution < -0.4 is 0 Å². The largest absolute Gasteiger partial charge is 0.477 e. The zero-order valence-corrected chi connectivity index (χ0v) is 12.5. The number of aromatic carboxylic acids is 1. The molecule has 3 rings (SSSR count). The normalized spacial score (nSPS) is 11.1. The van der Waals surface area contributed by atoms with Crippen molar-refractivity contribution in [3.05, 3.63) is 57.0 Å². The van der Waals surface area contributed by atoms with Crippen molar-refractivity contribution in [3.63, 3.8) is 0 Å². The highest BCUT2D eigenvalue weighted by atomic mass is 35.5. The number of hydrogen-bond acceptors (Lipinski definition) is 2. The number of halogens is 2. The smallest absolute Gasteiger partial charge is 0.352 e. The SMILES string of the molecule is O=C(O)c1cc2sccc2n1Cc1ccc(Cl)c(Cl)c1. The van der Waals surface area contributed by atoms with Gasteiger partial charge in [-0.3, -0.25) is 0 Å². The van der Waals surface area contributed by atoms with E-state index in [9.17, 15) is 9.90 Å². The Morgan fingerprint density at radius 3 is 2.70 bits per heavy atom. The van der Waals surface area contributed by atoms with Crippen LogP contribution in [0.4, 0.5) is 0 Å². The monoisotopic (exact) mass is 325 g/mol. The first kappa shape index (κ1) is 13.5. The molecule has 0 amide bonds. The fourth-order valence-electron chi connectivity index (χ4n) is 2.15. The van der Waals surface area contributed by atoms with Crippen molar-refractivity contribution in [2.75, 3.05) is 0 Å². The van der Waals surface area contributed by atoms with E-state index in [0.29, 0.717) is 16.6 Å². The topological polar surface area (TPSA) is 42.2 Å². The highest BCUT2D eigenvalue weighted by Crippen LogP contribution is 2.28. The van der Waals surface area contributed by atoms with Gasteiger partial charge in [0, 0.05) is 6.54 Å². The maximum Gasteiger partial charge on any atom is 0.352 e. The third kappa shape index (κ3) is 2.30. The van der Waals surface area contributed by atoms with Gasteiger partial charge < -0.3 is 9.67 Å². The summed E-state index contributed by atoms with van der Waals surface area (Å²) in [5.74, 6) is -0.937. The molecule has 1 N–H and O–H groups in total. The summed E-state index contributed by atoms with van der Waals surface area (Å²) in [5, 5.41) is 12.2. The zero-order chi connectivity index (χ0) is 14.3. The number of nitrogens with zero attached hydrogens (tertiary/aromatic N) is 1. The molecule has 0 saturated carbocycles. The lowest BCUT2D eigenvalue weighted by Crippen LogP contribution is -2.09. The molecule has 0 aliphatic carbocycles. The van der Waals surface area contributed by atoms with Crippen molar-refractivity contribution >= 4 is 50.7 Å². The first-order chi connectivity index (χ1) is 9.56. The van der Waals surface area contributed by atoms with E-state index in [-0.39, 0.29) is 5.69 Å². The maximum absolute atomic E-state index is 11.3. The second kappa shape index (κ2) is 5.13. The number of hydrogen-bond donors (Lipinski definition) is 1. The molecule has 20 heavy (non-hydrogen) atoms. The van der Waals surface area contributed by atoms with Crippen LogP contribution in [0.1, 0.15) is 16.1 Å². The van der Waals surface area contributed by atoms with Crippen LogP contribution >= 0.6 is 34.5 Å². The van der Waals surface area contributed by atoms with Crippen LogP contribution in [0.3, 0.4) is 0 Å². The molecule has 1 aromatic carbocycles. The van der Waals surface area contributed by atoms with E-state index in [0.717, 1.165) is 15.8 Å². The number of carboxylic acid groups (broad SMARTS) is 1. The average molecular weight is 326 g/mol. The Kier molecular flexibility index (Phi) is 3.46. The van der Waals surface area contributed by atoms with Gasteiger partial charge in [0.15, 0.2) is 0 Å². The number of aromatic nitrogens is 1. The Bertz CT molecular complexity index is 807. The van der Waals surface area contributed by atoms with Gasteiger partial charge >= 0.3 is 5.97 Å². The van der Waals surface area contributed by atoms with Gasteiger partial charge in [-0.1, -0.05) is 29.3 Å². The third-order valence-corrected chi connectivity index (χ3v) is 4.66. The predicted molar refractivity (Wildman–Crippen MR) is 82.3 cm³/mol. The van der Waals surface area contributed by atoms with Gasteiger partial charge in [-0.2, -0.15) is 0 Å². The molecule has 3 nitrogen and oxygen atoms in total. The summed E-state index contributed by atoms with van der Waals surface area (Å²) >= 11 is 13.4. The predicted octanol–water partition coefficient (Wildman–Crippen LogP) is 4.76. The van der Waals surface area contributed by atoms with Gasteiger partial charge in [0.25, 0.3) is 0 Å². The molecule has 0 fully saturated rings. The highest BCUT2D eigenvalue weighted by Gasteiger charge is 2.15. The van der Waals surface area contributed by atoms with Gasteiger partial charge in [0.1, 0.15) is 5.69 Å². The molecule has 0 aliphatic rings. The minimum atomic E-state index is -0.937. The molecule has 0 atom stereocenters. The Morgan fingerprint density at radius 2 is 2.00 bits per heavy atom. The quantitative estimate of drug-likeness (QED) is 0.754. The number of rotatable bonds is 3. The molecule has 0 radical (unpaired) electrons. The van der Waals surface area contributed by atoms with Crippen LogP contribution in [0.5, 0.6) is 0 Å². The molecule has 0 bridgehead atoms. The summed E-state index contributed by atoms with van der Waals surface area (Å²) in [6.07, 6.45) is 0. The van der Waals surface area contributed by atoms with Crippen LogP contribution in [0.25, 0.3) is 10.2 Å². The molecule has 0 aliphatic heterocycles. The fraction of sp³-hybridized carbons (Fsp3) is 0.0714. The van der Waals surface area contributed by atoms with Crippen molar-refractivity contribution in [2.45, 2.75) is 6.54 Å². The molecule has 0 spiro atoms. The van der Waals surface area contributed by atoms with E-state index < -0.39 is 5.97 Å². The standard InChI is InChI=1S/C14H9Cl2NO2S/c15-9-2-1-8(5-10(9)16)7-17-11-3-4-20-13(11)6-12(17)14(18)19/h1-6H,7H2,(H,18,19). The first-order valence-electron chi connectivity index (χ1n) is 5.80. The van der Waals surface area contributed by atoms with Crippen molar-refractivity contribution < 1.29 is 9.90 Å². The van der Waals surface area contributed by atoms with Gasteiger partial charge in [-0.25, -0.2) is 4.79 Å². The summed E-state index contributed by atoms with van der Waals surface area (Å²) in [6, 6.07) is 8.93. The number of carbonyl (C=O) groups is 1. The van der Waals surface area contributed by atoms with Crippen LogP contribution in [-0.4, -0.2) is 15.6 Å². The Balaban J connectivity index is 2.08. The van der Waals surface area contributed by atoms with E-state index >= 15 is 0 Å². The minimum absolute atomic E-state index is 0.276. The molecule has 6 heteroatoms. The van der Waals surface area contributed by atoms with Gasteiger partial charge in [-0.05, 0) is 35.2 Å². The Labute approximate surface area is 129 Å². The van der Waals surface area contributed by atoms with E-state index in [2.05, 4.69) is 0 Å². The summed E-state index contributed by atoms with van der Waals surface area (Å²) in [7, 11) is 0. The lowest BCUT2D eigenvalue weighted by atomic mass is 10.2. The van der Waals surface area contributed by atoms with Gasteiger partial charge in [0.2, 0.25) is 0 Å². The zero-order valence-electron chi connectivity index (χ0n) is 10.1. The fourth-order valence-corrected chi connectivity index (χ4v) is 3.29. The van der Waals surface area contributed by atoms with Crippen LogP contribution in [0, 0.1) is 0 Å². The second-order valence-electron chi connectivity index (χ2n) is 4.34. The molecule has 102 valence electrons. The van der Waals surface area contributed by atoms with Crippen molar-refractivity contribution in [1.29, 1.82) is 0 Å². The number of fused-ring (bicyclic) bond motifs is 1. The maximum atomic E-state index is 11.3. The lowest BCUT2D eigenvalue weighted by Gasteiger charge is -2.08. The minimum Gasteiger partial charge on any atom is -0.477 e. The number of carboxylic acids is 1. The number of benzene rings is 1. The van der Waals surface area contributed by atoms with Gasteiger partial charge in [0.05, 0.1) is 20.3 Å². The van der Waals surface area contributed by atoms with E-state index in [1.807, 2.05) is 17.5 Å². The Morgan fingerprint density at radius 1 is 1.20 bits per heavy atom. The van der Waals surface area contributed by atoms with Crippen LogP contribution in [0.2, 0.25) is 10.0 Å². The van der Waals surface area contributed by atoms with Crippen molar-refractivity contribution in [1.82, 2.24) is 4.57 Å². The van der Waals surface area contributed by atoms with Crippen molar-refractivity contribution in [2.24, 2.45) is 0 Å². The molecular formula is C14H9Cl2NO2S. The molecule has 0 saturated heterocycles. The Hall–Kier alpha value is -1.49. The summed E-state index contributed by atoms with van der Waals surface area (Å²) in [5.41, 5.74) is 2.10. The van der Waals surface area contributed by atoms with Crippen LogP contribution in [0.15, 0.2) is 35.7 Å². The molecular weight excluding hydrogens is 317 g/mol. The first-order valence-corrected chi connectivity index (χ1v) is 7.44. The summed E-state index contributed by atoms with van der Waals surface area (Å²) in [6.45, 7) is 0.443. The molecule has 3 aromatic rings. The van der Waals surface area contributed by atoms with Gasteiger partial charge in [-0.15, -0.1) is 11.3 Å².